The zero-order chi connectivity index (χ0) is 24.3. The number of amides is 1. The van der Waals surface area contributed by atoms with E-state index in [2.05, 4.69) is 26.1 Å². The van der Waals surface area contributed by atoms with Gasteiger partial charge in [0.25, 0.3) is 0 Å². The van der Waals surface area contributed by atoms with Crippen molar-refractivity contribution in [2.24, 2.45) is 0 Å². The van der Waals surface area contributed by atoms with Crippen LogP contribution in [0, 0.1) is 4.77 Å². The van der Waals surface area contributed by atoms with Gasteiger partial charge in [-0.2, -0.15) is 5.10 Å². The minimum atomic E-state index is -4.75. The molecule has 1 saturated heterocycles. The molecular formula is C22H27F3N6O2S. The standard InChI is InChI=1S/C22H27F3N6O2S/c1-2-9-30-20(16-3-4-16)27-31(21(30)34)15-29-12-10-28(11-13-29)14-19(32)26-17-5-7-18(8-6-17)33-22(23,24)25/h2,5-8,16H,1,3-4,9-15H2,(H,26,32). The van der Waals surface area contributed by atoms with Crippen LogP contribution in [0.15, 0.2) is 36.9 Å². The van der Waals surface area contributed by atoms with E-state index < -0.39 is 6.36 Å². The highest BCUT2D eigenvalue weighted by Gasteiger charge is 2.31. The van der Waals surface area contributed by atoms with Crippen molar-refractivity contribution >= 4 is 23.8 Å². The number of allylic oxidation sites excluding steroid dienone is 1. The molecule has 1 aromatic carbocycles. The molecule has 0 unspecified atom stereocenters. The van der Waals surface area contributed by atoms with Gasteiger partial charge in [0.2, 0.25) is 5.91 Å². The molecule has 1 saturated carbocycles. The Morgan fingerprint density at radius 3 is 2.41 bits per heavy atom. The molecule has 2 fully saturated rings. The number of halogens is 3. The summed E-state index contributed by atoms with van der Waals surface area (Å²) in [5.41, 5.74) is 0.411. The number of carbonyl (C=O) groups excluding carboxylic acids is 1. The molecule has 1 aliphatic heterocycles. The van der Waals surface area contributed by atoms with Crippen LogP contribution < -0.4 is 10.1 Å². The van der Waals surface area contributed by atoms with Gasteiger partial charge in [0.15, 0.2) is 4.77 Å². The third-order valence-corrected chi connectivity index (χ3v) is 6.17. The zero-order valence-electron chi connectivity index (χ0n) is 18.6. The highest BCUT2D eigenvalue weighted by atomic mass is 32.1. The van der Waals surface area contributed by atoms with Crippen LogP contribution >= 0.6 is 12.2 Å². The second kappa shape index (κ2) is 10.3. The number of anilines is 1. The number of benzene rings is 1. The molecule has 34 heavy (non-hydrogen) atoms. The predicted octanol–water partition coefficient (Wildman–Crippen LogP) is 3.59. The highest BCUT2D eigenvalue weighted by Crippen LogP contribution is 2.39. The van der Waals surface area contributed by atoms with E-state index in [9.17, 15) is 18.0 Å². The maximum atomic E-state index is 12.4. The molecule has 0 bridgehead atoms. The Morgan fingerprint density at radius 2 is 1.82 bits per heavy atom. The molecule has 0 spiro atoms. The molecule has 1 amide bonds. The highest BCUT2D eigenvalue weighted by molar-refractivity contribution is 7.71. The van der Waals surface area contributed by atoms with Crippen molar-refractivity contribution in [1.29, 1.82) is 0 Å². The van der Waals surface area contributed by atoms with Crippen LogP contribution in [-0.4, -0.2) is 69.1 Å². The number of ether oxygens (including phenoxy) is 1. The molecular weight excluding hydrogens is 469 g/mol. The maximum absolute atomic E-state index is 12.4. The fourth-order valence-corrected chi connectivity index (χ4v) is 4.18. The summed E-state index contributed by atoms with van der Waals surface area (Å²) in [6.07, 6.45) is -0.615. The van der Waals surface area contributed by atoms with Gasteiger partial charge in [-0.1, -0.05) is 6.08 Å². The predicted molar refractivity (Wildman–Crippen MR) is 123 cm³/mol. The zero-order valence-corrected chi connectivity index (χ0v) is 19.4. The molecule has 4 rings (SSSR count). The van der Waals surface area contributed by atoms with Crippen molar-refractivity contribution in [1.82, 2.24) is 24.1 Å². The van der Waals surface area contributed by atoms with Gasteiger partial charge in [0.05, 0.1) is 13.2 Å². The van der Waals surface area contributed by atoms with Gasteiger partial charge in [-0.25, -0.2) is 4.68 Å². The Balaban J connectivity index is 1.24. The van der Waals surface area contributed by atoms with E-state index in [0.29, 0.717) is 42.7 Å². The summed E-state index contributed by atoms with van der Waals surface area (Å²) in [5.74, 6) is 0.975. The lowest BCUT2D eigenvalue weighted by atomic mass is 10.3. The van der Waals surface area contributed by atoms with Gasteiger partial charge in [-0.05, 0) is 49.3 Å². The Kier molecular flexibility index (Phi) is 7.39. The van der Waals surface area contributed by atoms with E-state index in [1.165, 1.54) is 12.1 Å². The minimum absolute atomic E-state index is 0.202. The van der Waals surface area contributed by atoms with Gasteiger partial charge < -0.3 is 10.1 Å². The topological polar surface area (TPSA) is 67.6 Å². The first-order chi connectivity index (χ1) is 16.2. The molecule has 1 aliphatic carbocycles. The summed E-state index contributed by atoms with van der Waals surface area (Å²) in [6, 6.07) is 5.08. The van der Waals surface area contributed by atoms with Crippen LogP contribution in [0.25, 0.3) is 0 Å². The molecule has 0 radical (unpaired) electrons. The van der Waals surface area contributed by atoms with Crippen LogP contribution in [0.5, 0.6) is 5.75 Å². The largest absolute Gasteiger partial charge is 0.573 e. The summed E-state index contributed by atoms with van der Waals surface area (Å²) < 4.78 is 45.2. The van der Waals surface area contributed by atoms with E-state index in [0.717, 1.165) is 43.9 Å². The number of hydrogen-bond acceptors (Lipinski definition) is 6. The van der Waals surface area contributed by atoms with E-state index in [1.54, 1.807) is 0 Å². The SMILES string of the molecule is C=CCn1c(C2CC2)nn(CN2CCN(CC(=O)Nc3ccc(OC(F)(F)F)cc3)CC2)c1=S. The smallest absolute Gasteiger partial charge is 0.406 e. The van der Waals surface area contributed by atoms with Crippen molar-refractivity contribution in [3.63, 3.8) is 0 Å². The number of piperazine rings is 1. The summed E-state index contributed by atoms with van der Waals surface area (Å²) >= 11 is 5.63. The number of carbonyl (C=O) groups is 1. The van der Waals surface area contributed by atoms with Crippen molar-refractivity contribution in [3.05, 3.63) is 47.5 Å². The number of rotatable bonds is 9. The maximum Gasteiger partial charge on any atom is 0.573 e. The summed E-state index contributed by atoms with van der Waals surface area (Å²) in [6.45, 7) is 8.24. The molecule has 2 heterocycles. The summed E-state index contributed by atoms with van der Waals surface area (Å²) in [5, 5.41) is 7.47. The van der Waals surface area contributed by atoms with Crippen LogP contribution in [0.3, 0.4) is 0 Å². The van der Waals surface area contributed by atoms with Gasteiger partial charge in [0, 0.05) is 44.3 Å². The number of nitrogens with zero attached hydrogens (tertiary/aromatic N) is 5. The van der Waals surface area contributed by atoms with Gasteiger partial charge >= 0.3 is 6.36 Å². The second-order valence-corrected chi connectivity index (χ2v) is 8.83. The lowest BCUT2D eigenvalue weighted by molar-refractivity contribution is -0.274. The summed E-state index contributed by atoms with van der Waals surface area (Å²) in [4.78, 5) is 16.7. The molecule has 8 nitrogen and oxygen atoms in total. The molecule has 0 atom stereocenters. The van der Waals surface area contributed by atoms with Crippen molar-refractivity contribution in [3.8, 4) is 5.75 Å². The Labute approximate surface area is 200 Å². The van der Waals surface area contributed by atoms with Crippen LogP contribution in [0.4, 0.5) is 18.9 Å². The van der Waals surface area contributed by atoms with Crippen LogP contribution in [0.2, 0.25) is 0 Å². The molecule has 2 aliphatic rings. The molecule has 1 aromatic heterocycles. The third-order valence-electron chi connectivity index (χ3n) is 5.74. The number of nitrogens with one attached hydrogen (secondary N) is 1. The Hall–Kier alpha value is -2.70. The van der Waals surface area contributed by atoms with Gasteiger partial charge in [-0.3, -0.25) is 19.2 Å². The molecule has 12 heteroatoms. The average molecular weight is 497 g/mol. The van der Waals surface area contributed by atoms with Crippen molar-refractivity contribution in [2.45, 2.75) is 38.3 Å². The lowest BCUT2D eigenvalue weighted by Crippen LogP contribution is -2.49. The average Bonchev–Trinajstić information content (AvgIpc) is 3.57. The monoisotopic (exact) mass is 496 g/mol. The fourth-order valence-electron chi connectivity index (χ4n) is 3.92. The normalized spacial score (nSPS) is 17.5. The lowest BCUT2D eigenvalue weighted by Gasteiger charge is -2.33. The van der Waals surface area contributed by atoms with Crippen LogP contribution in [0.1, 0.15) is 24.6 Å². The Morgan fingerprint density at radius 1 is 1.18 bits per heavy atom. The van der Waals surface area contributed by atoms with E-state index in [1.807, 2.05) is 15.7 Å². The Bertz CT molecular complexity index is 1070. The minimum Gasteiger partial charge on any atom is -0.406 e. The first-order valence-electron chi connectivity index (χ1n) is 11.1. The van der Waals surface area contributed by atoms with Crippen LogP contribution in [-0.2, 0) is 18.0 Å². The quantitative estimate of drug-likeness (QED) is 0.423. The van der Waals surface area contributed by atoms with E-state index in [-0.39, 0.29) is 18.2 Å². The first-order valence-corrected chi connectivity index (χ1v) is 11.5. The third kappa shape index (κ3) is 6.45. The van der Waals surface area contributed by atoms with Gasteiger partial charge in [-0.15, -0.1) is 19.8 Å². The van der Waals surface area contributed by atoms with Gasteiger partial charge in [0.1, 0.15) is 11.6 Å². The second-order valence-electron chi connectivity index (χ2n) is 8.47. The molecule has 2 aromatic rings. The number of aromatic nitrogens is 3. The first kappa shape index (κ1) is 24.4. The van der Waals surface area contributed by atoms with E-state index in [4.69, 9.17) is 17.3 Å². The van der Waals surface area contributed by atoms with Crippen molar-refractivity contribution < 1.29 is 22.7 Å². The summed E-state index contributed by atoms with van der Waals surface area (Å²) in [7, 11) is 0. The van der Waals surface area contributed by atoms with Crippen molar-refractivity contribution in [2.75, 3.05) is 38.0 Å². The van der Waals surface area contributed by atoms with E-state index >= 15 is 0 Å². The number of alkyl halides is 3. The molecule has 184 valence electrons. The fraction of sp³-hybridized carbons (Fsp3) is 0.500. The number of hydrogen-bond donors (Lipinski definition) is 1. The molecule has 1 N–H and O–H groups in total.